The fraction of sp³-hybridized carbons (Fsp3) is 0.133. The number of benzene rings is 2. The molecular weight excluding hydrogens is 323 g/mol. The lowest BCUT2D eigenvalue weighted by Crippen LogP contribution is -2.15. The summed E-state index contributed by atoms with van der Waals surface area (Å²) >= 11 is 3.41. The van der Waals surface area contributed by atoms with Crippen molar-refractivity contribution in [2.24, 2.45) is 0 Å². The molecule has 5 heteroatoms. The number of nitrogens with one attached hydrogen (secondary N) is 2. The fourth-order valence-electron chi connectivity index (χ4n) is 1.90. The molecule has 0 aromatic heterocycles. The molecule has 20 heavy (non-hydrogen) atoms. The normalized spacial score (nSPS) is 10.2. The van der Waals surface area contributed by atoms with Gasteiger partial charge in [-0.15, -0.1) is 0 Å². The van der Waals surface area contributed by atoms with Crippen LogP contribution in [0.1, 0.15) is 15.9 Å². The number of hydrogen-bond donors (Lipinski definition) is 2. The van der Waals surface area contributed by atoms with Crippen LogP contribution in [0.4, 0.5) is 15.8 Å². The molecular formula is C15H14BrFN2O. The highest BCUT2D eigenvalue weighted by molar-refractivity contribution is 9.10. The summed E-state index contributed by atoms with van der Waals surface area (Å²) in [5.41, 5.74) is 2.07. The molecule has 0 radical (unpaired) electrons. The standard InChI is InChI=1S/C15H14BrFN2O/c1-9-11(16)6-4-8-13(9)19-15(20)10-5-3-7-12(17)14(10)18-2/h3-8,18H,1-2H3,(H,19,20). The summed E-state index contributed by atoms with van der Waals surface area (Å²) in [6.07, 6.45) is 0. The van der Waals surface area contributed by atoms with E-state index in [9.17, 15) is 9.18 Å². The van der Waals surface area contributed by atoms with Crippen LogP contribution < -0.4 is 10.6 Å². The zero-order valence-corrected chi connectivity index (χ0v) is 12.7. The molecule has 1 amide bonds. The highest BCUT2D eigenvalue weighted by atomic mass is 79.9. The van der Waals surface area contributed by atoms with Gasteiger partial charge in [0, 0.05) is 17.2 Å². The maximum atomic E-state index is 13.6. The largest absolute Gasteiger partial charge is 0.385 e. The van der Waals surface area contributed by atoms with Crippen LogP contribution in [0.25, 0.3) is 0 Å². The van der Waals surface area contributed by atoms with Gasteiger partial charge in [0.25, 0.3) is 5.91 Å². The molecule has 0 fully saturated rings. The summed E-state index contributed by atoms with van der Waals surface area (Å²) in [6.45, 7) is 1.89. The summed E-state index contributed by atoms with van der Waals surface area (Å²) < 4.78 is 14.5. The average molecular weight is 337 g/mol. The zero-order chi connectivity index (χ0) is 14.7. The van der Waals surface area contributed by atoms with Gasteiger partial charge in [-0.2, -0.15) is 0 Å². The van der Waals surface area contributed by atoms with E-state index >= 15 is 0 Å². The Kier molecular flexibility index (Phi) is 4.39. The quantitative estimate of drug-likeness (QED) is 0.882. The maximum Gasteiger partial charge on any atom is 0.257 e. The molecule has 0 aliphatic heterocycles. The number of amides is 1. The number of hydrogen-bond acceptors (Lipinski definition) is 2. The molecule has 0 aliphatic carbocycles. The Balaban J connectivity index is 2.34. The van der Waals surface area contributed by atoms with Gasteiger partial charge in [-0.25, -0.2) is 4.39 Å². The van der Waals surface area contributed by atoms with Crippen LogP contribution in [0.15, 0.2) is 40.9 Å². The summed E-state index contributed by atoms with van der Waals surface area (Å²) in [6, 6.07) is 9.93. The van der Waals surface area contributed by atoms with Crippen molar-refractivity contribution in [3.63, 3.8) is 0 Å². The number of halogens is 2. The molecule has 2 aromatic carbocycles. The van der Waals surface area contributed by atoms with Gasteiger partial charge in [0.1, 0.15) is 5.82 Å². The minimum atomic E-state index is -0.453. The number of carbonyl (C=O) groups excluding carboxylic acids is 1. The second kappa shape index (κ2) is 6.05. The summed E-state index contributed by atoms with van der Waals surface area (Å²) in [5.74, 6) is -0.804. The van der Waals surface area contributed by atoms with Gasteiger partial charge in [-0.1, -0.05) is 28.1 Å². The van der Waals surface area contributed by atoms with E-state index in [1.54, 1.807) is 19.2 Å². The van der Waals surface area contributed by atoms with Crippen molar-refractivity contribution in [3.8, 4) is 0 Å². The van der Waals surface area contributed by atoms with Gasteiger partial charge in [0.2, 0.25) is 0 Å². The van der Waals surface area contributed by atoms with Crippen LogP contribution in [-0.4, -0.2) is 13.0 Å². The Hall–Kier alpha value is -1.88. The fourth-order valence-corrected chi connectivity index (χ4v) is 2.27. The Bertz CT molecular complexity index is 658. The third kappa shape index (κ3) is 2.82. The van der Waals surface area contributed by atoms with Crippen LogP contribution in [0.3, 0.4) is 0 Å². The first-order valence-electron chi connectivity index (χ1n) is 6.07. The van der Waals surface area contributed by atoms with E-state index in [1.807, 2.05) is 19.1 Å². The van der Waals surface area contributed by atoms with Crippen molar-refractivity contribution in [2.45, 2.75) is 6.92 Å². The van der Waals surface area contributed by atoms with Crippen LogP contribution >= 0.6 is 15.9 Å². The second-order valence-electron chi connectivity index (χ2n) is 4.28. The predicted octanol–water partition coefficient (Wildman–Crippen LogP) is 4.19. The third-order valence-electron chi connectivity index (χ3n) is 3.02. The highest BCUT2D eigenvalue weighted by Gasteiger charge is 2.15. The molecule has 0 bridgehead atoms. The molecule has 0 saturated carbocycles. The molecule has 0 aliphatic rings. The summed E-state index contributed by atoms with van der Waals surface area (Å²) in [7, 11) is 1.58. The molecule has 2 rings (SSSR count). The smallest absolute Gasteiger partial charge is 0.257 e. The molecule has 0 atom stereocenters. The van der Waals surface area contributed by atoms with Crippen molar-refractivity contribution in [1.82, 2.24) is 0 Å². The van der Waals surface area contributed by atoms with E-state index in [1.165, 1.54) is 12.1 Å². The average Bonchev–Trinajstić information content (AvgIpc) is 2.43. The first kappa shape index (κ1) is 14.5. The van der Waals surface area contributed by atoms with E-state index in [0.717, 1.165) is 10.0 Å². The molecule has 104 valence electrons. The molecule has 3 nitrogen and oxygen atoms in total. The topological polar surface area (TPSA) is 41.1 Å². The van der Waals surface area contributed by atoms with Crippen LogP contribution in [-0.2, 0) is 0 Å². The molecule has 2 aromatic rings. The third-order valence-corrected chi connectivity index (χ3v) is 3.88. The molecule has 0 saturated heterocycles. The van der Waals surface area contributed by atoms with Crippen molar-refractivity contribution in [3.05, 3.63) is 57.8 Å². The van der Waals surface area contributed by atoms with Crippen molar-refractivity contribution in [1.29, 1.82) is 0 Å². The second-order valence-corrected chi connectivity index (χ2v) is 5.13. The zero-order valence-electron chi connectivity index (χ0n) is 11.1. The van der Waals surface area contributed by atoms with E-state index in [-0.39, 0.29) is 17.2 Å². The SMILES string of the molecule is CNc1c(F)cccc1C(=O)Nc1cccc(Br)c1C. The predicted molar refractivity (Wildman–Crippen MR) is 82.8 cm³/mol. The number of rotatable bonds is 3. The maximum absolute atomic E-state index is 13.6. The van der Waals surface area contributed by atoms with Gasteiger partial charge in [-0.05, 0) is 36.8 Å². The van der Waals surface area contributed by atoms with Gasteiger partial charge >= 0.3 is 0 Å². The minimum absolute atomic E-state index is 0.192. The lowest BCUT2D eigenvalue weighted by molar-refractivity contribution is 0.102. The summed E-state index contributed by atoms with van der Waals surface area (Å²) in [4.78, 5) is 12.3. The van der Waals surface area contributed by atoms with E-state index in [4.69, 9.17) is 0 Å². The first-order valence-corrected chi connectivity index (χ1v) is 6.86. The number of anilines is 2. The Morgan fingerprint density at radius 1 is 1.20 bits per heavy atom. The molecule has 0 unspecified atom stereocenters. The van der Waals surface area contributed by atoms with Gasteiger partial charge < -0.3 is 10.6 Å². The van der Waals surface area contributed by atoms with Crippen LogP contribution in [0, 0.1) is 12.7 Å². The minimum Gasteiger partial charge on any atom is -0.385 e. The Morgan fingerprint density at radius 2 is 1.90 bits per heavy atom. The number of para-hydroxylation sites is 1. The van der Waals surface area contributed by atoms with E-state index in [2.05, 4.69) is 26.6 Å². The van der Waals surface area contributed by atoms with Crippen molar-refractivity contribution in [2.75, 3.05) is 17.7 Å². The van der Waals surface area contributed by atoms with Crippen molar-refractivity contribution >= 4 is 33.2 Å². The lowest BCUT2D eigenvalue weighted by atomic mass is 10.1. The van der Waals surface area contributed by atoms with Gasteiger partial charge in [-0.3, -0.25) is 4.79 Å². The van der Waals surface area contributed by atoms with Gasteiger partial charge in [0.05, 0.1) is 11.3 Å². The molecule has 2 N–H and O–H groups in total. The van der Waals surface area contributed by atoms with Gasteiger partial charge in [0.15, 0.2) is 0 Å². The van der Waals surface area contributed by atoms with Crippen LogP contribution in [0.2, 0.25) is 0 Å². The van der Waals surface area contributed by atoms with E-state index in [0.29, 0.717) is 5.69 Å². The lowest BCUT2D eigenvalue weighted by Gasteiger charge is -2.12. The Morgan fingerprint density at radius 3 is 2.60 bits per heavy atom. The number of carbonyl (C=O) groups is 1. The Labute approximate surface area is 125 Å². The van der Waals surface area contributed by atoms with Crippen molar-refractivity contribution < 1.29 is 9.18 Å². The highest BCUT2D eigenvalue weighted by Crippen LogP contribution is 2.25. The molecule has 0 spiro atoms. The summed E-state index contributed by atoms with van der Waals surface area (Å²) in [5, 5.41) is 5.51. The van der Waals surface area contributed by atoms with E-state index < -0.39 is 5.82 Å². The molecule has 0 heterocycles. The van der Waals surface area contributed by atoms with Crippen LogP contribution in [0.5, 0.6) is 0 Å². The monoisotopic (exact) mass is 336 g/mol. The first-order chi connectivity index (χ1) is 9.54.